The Labute approximate surface area is 79.6 Å². The zero-order chi connectivity index (χ0) is 9.97. The van der Waals surface area contributed by atoms with Crippen LogP contribution in [0.5, 0.6) is 0 Å². The Hall–Kier alpha value is -2.42. The van der Waals surface area contributed by atoms with E-state index in [1.807, 2.05) is 6.07 Å². The molecule has 14 heavy (non-hydrogen) atoms. The van der Waals surface area contributed by atoms with Gasteiger partial charge in [0.15, 0.2) is 0 Å². The third-order valence-corrected chi connectivity index (χ3v) is 1.57. The number of anilines is 1. The molecule has 2 aromatic rings. The Morgan fingerprint density at radius 2 is 2.00 bits per heavy atom. The molecular formula is C8H6N6. The molecule has 0 aliphatic carbocycles. The smallest absolute Gasteiger partial charge is 0.250 e. The number of aromatic nitrogens is 4. The van der Waals surface area contributed by atoms with Crippen LogP contribution < -0.4 is 5.73 Å². The highest BCUT2D eigenvalue weighted by Crippen LogP contribution is 2.03. The molecule has 0 saturated heterocycles. The Balaban J connectivity index is 2.40. The minimum atomic E-state index is 0.390. The van der Waals surface area contributed by atoms with Crippen molar-refractivity contribution in [1.82, 2.24) is 19.7 Å². The van der Waals surface area contributed by atoms with Crippen molar-refractivity contribution in [2.75, 3.05) is 5.73 Å². The van der Waals surface area contributed by atoms with Crippen molar-refractivity contribution < 1.29 is 0 Å². The van der Waals surface area contributed by atoms with Gasteiger partial charge in [0.2, 0.25) is 0 Å². The van der Waals surface area contributed by atoms with E-state index in [1.165, 1.54) is 23.3 Å². The molecule has 2 N–H and O–H groups in total. The molecule has 0 aromatic carbocycles. The van der Waals surface area contributed by atoms with Crippen LogP contribution >= 0.6 is 0 Å². The number of nitrogens with two attached hydrogens (primary N) is 1. The van der Waals surface area contributed by atoms with Gasteiger partial charge in [-0.05, 0) is 0 Å². The Morgan fingerprint density at radius 3 is 2.57 bits per heavy atom. The summed E-state index contributed by atoms with van der Waals surface area (Å²) in [6, 6.07) is 1.96. The molecule has 2 heterocycles. The van der Waals surface area contributed by atoms with Crippen molar-refractivity contribution in [3.8, 4) is 12.0 Å². The fraction of sp³-hybridized carbons (Fsp3) is 0. The van der Waals surface area contributed by atoms with Crippen LogP contribution in [0, 0.1) is 11.3 Å². The van der Waals surface area contributed by atoms with Gasteiger partial charge in [-0.15, -0.1) is 0 Å². The van der Waals surface area contributed by atoms with E-state index < -0.39 is 0 Å². The number of nitriles is 1. The lowest BCUT2D eigenvalue weighted by Gasteiger charge is -1.97. The van der Waals surface area contributed by atoms with Gasteiger partial charge >= 0.3 is 0 Å². The van der Waals surface area contributed by atoms with E-state index >= 15 is 0 Å². The maximum Gasteiger partial charge on any atom is 0.250 e. The minimum absolute atomic E-state index is 0.390. The van der Waals surface area contributed by atoms with E-state index in [9.17, 15) is 0 Å². The lowest BCUT2D eigenvalue weighted by atomic mass is 10.4. The second kappa shape index (κ2) is 3.14. The molecule has 0 amide bonds. The second-order valence-corrected chi connectivity index (χ2v) is 2.60. The van der Waals surface area contributed by atoms with E-state index in [0.717, 1.165) is 0 Å². The van der Waals surface area contributed by atoms with Crippen LogP contribution in [-0.4, -0.2) is 19.7 Å². The van der Waals surface area contributed by atoms with Crippen molar-refractivity contribution in [1.29, 1.82) is 5.26 Å². The summed E-state index contributed by atoms with van der Waals surface area (Å²) in [5.74, 6) is 0.390. The first-order chi connectivity index (χ1) is 6.79. The summed E-state index contributed by atoms with van der Waals surface area (Å²) in [4.78, 5) is 7.90. The first-order valence-corrected chi connectivity index (χ1v) is 3.82. The minimum Gasteiger partial charge on any atom is -0.396 e. The Kier molecular flexibility index (Phi) is 1.84. The van der Waals surface area contributed by atoms with Gasteiger partial charge in [-0.2, -0.15) is 10.4 Å². The standard InChI is InChI=1S/C8H6N6/c9-1-6-2-13-14(5-6)8-11-3-7(10)4-12-8/h2-5H,10H2. The van der Waals surface area contributed by atoms with Crippen molar-refractivity contribution in [2.24, 2.45) is 0 Å². The molecular weight excluding hydrogens is 180 g/mol. The highest BCUT2D eigenvalue weighted by atomic mass is 15.3. The summed E-state index contributed by atoms with van der Waals surface area (Å²) in [5, 5.41) is 12.5. The Bertz CT molecular complexity index is 477. The number of nitrogen functional groups attached to an aromatic ring is 1. The van der Waals surface area contributed by atoms with Crippen LogP contribution in [-0.2, 0) is 0 Å². The van der Waals surface area contributed by atoms with Gasteiger partial charge in [0.25, 0.3) is 5.95 Å². The van der Waals surface area contributed by atoms with Gasteiger partial charge in [-0.25, -0.2) is 14.6 Å². The fourth-order valence-electron chi connectivity index (χ4n) is 0.939. The van der Waals surface area contributed by atoms with Crippen LogP contribution in [0.15, 0.2) is 24.8 Å². The van der Waals surface area contributed by atoms with E-state index in [1.54, 1.807) is 6.20 Å². The third-order valence-electron chi connectivity index (χ3n) is 1.57. The van der Waals surface area contributed by atoms with Gasteiger partial charge in [0.1, 0.15) is 6.07 Å². The lowest BCUT2D eigenvalue weighted by Crippen LogP contribution is -2.01. The van der Waals surface area contributed by atoms with E-state index in [-0.39, 0.29) is 0 Å². The van der Waals surface area contributed by atoms with Crippen molar-refractivity contribution >= 4 is 5.69 Å². The molecule has 0 saturated carbocycles. The topological polar surface area (TPSA) is 93.4 Å². The fourth-order valence-corrected chi connectivity index (χ4v) is 0.939. The Morgan fingerprint density at radius 1 is 1.29 bits per heavy atom. The first kappa shape index (κ1) is 8.19. The molecule has 0 bridgehead atoms. The van der Waals surface area contributed by atoms with Crippen LogP contribution in [0.2, 0.25) is 0 Å². The van der Waals surface area contributed by atoms with Crippen molar-refractivity contribution in [3.05, 3.63) is 30.4 Å². The van der Waals surface area contributed by atoms with E-state index in [4.69, 9.17) is 11.0 Å². The molecule has 0 atom stereocenters. The average molecular weight is 186 g/mol. The predicted molar refractivity (Wildman–Crippen MR) is 48.3 cm³/mol. The molecule has 0 fully saturated rings. The largest absolute Gasteiger partial charge is 0.396 e. The monoisotopic (exact) mass is 186 g/mol. The normalized spacial score (nSPS) is 9.64. The SMILES string of the molecule is N#Cc1cnn(-c2ncc(N)cn2)c1. The van der Waals surface area contributed by atoms with E-state index in [0.29, 0.717) is 17.2 Å². The predicted octanol–water partition coefficient (Wildman–Crippen LogP) is 0.116. The van der Waals surface area contributed by atoms with Gasteiger partial charge in [-0.1, -0.05) is 0 Å². The first-order valence-electron chi connectivity index (χ1n) is 3.82. The van der Waals surface area contributed by atoms with E-state index in [2.05, 4.69) is 15.1 Å². The van der Waals surface area contributed by atoms with Crippen molar-refractivity contribution in [2.45, 2.75) is 0 Å². The molecule has 6 nitrogen and oxygen atoms in total. The molecule has 0 spiro atoms. The maximum atomic E-state index is 8.58. The van der Waals surface area contributed by atoms with Crippen LogP contribution in [0.3, 0.4) is 0 Å². The summed E-state index contributed by atoms with van der Waals surface area (Å²) in [6.07, 6.45) is 5.96. The number of hydrogen-bond donors (Lipinski definition) is 1. The third kappa shape index (κ3) is 1.38. The maximum absolute atomic E-state index is 8.58. The molecule has 6 heteroatoms. The molecule has 0 unspecified atom stereocenters. The second-order valence-electron chi connectivity index (χ2n) is 2.60. The van der Waals surface area contributed by atoms with Crippen LogP contribution in [0.25, 0.3) is 5.95 Å². The number of nitrogens with zero attached hydrogens (tertiary/aromatic N) is 5. The summed E-state index contributed by atoms with van der Waals surface area (Å²) in [6.45, 7) is 0. The number of hydrogen-bond acceptors (Lipinski definition) is 5. The van der Waals surface area contributed by atoms with Gasteiger partial charge in [0, 0.05) is 0 Å². The molecule has 0 aliphatic heterocycles. The van der Waals surface area contributed by atoms with Crippen molar-refractivity contribution in [3.63, 3.8) is 0 Å². The van der Waals surface area contributed by atoms with Crippen LogP contribution in [0.4, 0.5) is 5.69 Å². The quantitative estimate of drug-likeness (QED) is 0.682. The lowest BCUT2D eigenvalue weighted by molar-refractivity contribution is 0.809. The highest BCUT2D eigenvalue weighted by molar-refractivity contribution is 5.33. The highest BCUT2D eigenvalue weighted by Gasteiger charge is 2.01. The zero-order valence-corrected chi connectivity index (χ0v) is 7.12. The molecule has 2 rings (SSSR count). The number of rotatable bonds is 1. The van der Waals surface area contributed by atoms with Gasteiger partial charge in [0.05, 0.1) is 36.0 Å². The molecule has 68 valence electrons. The zero-order valence-electron chi connectivity index (χ0n) is 7.12. The molecule has 0 radical (unpaired) electrons. The average Bonchev–Trinajstić information content (AvgIpc) is 2.67. The summed E-state index contributed by atoms with van der Waals surface area (Å²) in [7, 11) is 0. The molecule has 0 aliphatic rings. The van der Waals surface area contributed by atoms with Gasteiger partial charge < -0.3 is 5.73 Å². The van der Waals surface area contributed by atoms with Gasteiger partial charge in [-0.3, -0.25) is 0 Å². The molecule has 2 aromatic heterocycles. The summed E-state index contributed by atoms with van der Waals surface area (Å²) < 4.78 is 1.41. The summed E-state index contributed by atoms with van der Waals surface area (Å²) >= 11 is 0. The van der Waals surface area contributed by atoms with Crippen LogP contribution in [0.1, 0.15) is 5.56 Å². The summed E-state index contributed by atoms with van der Waals surface area (Å²) in [5.41, 5.74) is 6.38.